The van der Waals surface area contributed by atoms with E-state index in [0.29, 0.717) is 6.54 Å². The summed E-state index contributed by atoms with van der Waals surface area (Å²) >= 11 is 0. The SMILES string of the molecule is CCCCn1c(N)c(N(CC(=O)N(c2ccccc2)C(C)C)Cc2ccccc2)c(=O)[nH]c1=O. The van der Waals surface area contributed by atoms with Crippen LogP contribution < -0.4 is 26.8 Å². The zero-order valence-electron chi connectivity index (χ0n) is 20.0. The molecule has 3 aromatic rings. The van der Waals surface area contributed by atoms with Crippen molar-refractivity contribution in [2.24, 2.45) is 0 Å². The minimum atomic E-state index is -0.602. The number of anilines is 3. The average molecular weight is 464 g/mol. The summed E-state index contributed by atoms with van der Waals surface area (Å²) in [6.07, 6.45) is 1.61. The number of aromatic amines is 1. The summed E-state index contributed by atoms with van der Waals surface area (Å²) in [5.74, 6) is -0.107. The van der Waals surface area contributed by atoms with E-state index in [4.69, 9.17) is 5.73 Å². The van der Waals surface area contributed by atoms with Crippen LogP contribution in [0.15, 0.2) is 70.3 Å². The van der Waals surface area contributed by atoms with Crippen molar-refractivity contribution in [2.75, 3.05) is 22.1 Å². The first-order valence-corrected chi connectivity index (χ1v) is 11.6. The van der Waals surface area contributed by atoms with Gasteiger partial charge in [0.15, 0.2) is 0 Å². The Morgan fingerprint density at radius 1 is 1.03 bits per heavy atom. The summed E-state index contributed by atoms with van der Waals surface area (Å²) in [6.45, 7) is 6.49. The van der Waals surface area contributed by atoms with E-state index in [9.17, 15) is 14.4 Å². The van der Waals surface area contributed by atoms with Crippen LogP contribution in [0.25, 0.3) is 0 Å². The van der Waals surface area contributed by atoms with Gasteiger partial charge in [-0.2, -0.15) is 0 Å². The highest BCUT2D eigenvalue weighted by Gasteiger charge is 2.26. The summed E-state index contributed by atoms with van der Waals surface area (Å²) < 4.78 is 1.38. The first-order chi connectivity index (χ1) is 16.3. The van der Waals surface area contributed by atoms with E-state index >= 15 is 0 Å². The molecule has 2 aromatic carbocycles. The predicted molar refractivity (Wildman–Crippen MR) is 137 cm³/mol. The van der Waals surface area contributed by atoms with E-state index < -0.39 is 11.2 Å². The summed E-state index contributed by atoms with van der Waals surface area (Å²) in [6, 6.07) is 18.9. The molecule has 0 aliphatic carbocycles. The van der Waals surface area contributed by atoms with Gasteiger partial charge >= 0.3 is 5.69 Å². The van der Waals surface area contributed by atoms with Gasteiger partial charge in [-0.1, -0.05) is 61.9 Å². The van der Waals surface area contributed by atoms with Crippen LogP contribution >= 0.6 is 0 Å². The van der Waals surface area contributed by atoms with Gasteiger partial charge in [0.25, 0.3) is 5.56 Å². The van der Waals surface area contributed by atoms with E-state index in [1.165, 1.54) is 4.57 Å². The minimum Gasteiger partial charge on any atom is -0.383 e. The molecule has 0 saturated carbocycles. The molecule has 1 heterocycles. The zero-order chi connectivity index (χ0) is 24.7. The quantitative estimate of drug-likeness (QED) is 0.480. The Labute approximate surface area is 199 Å². The van der Waals surface area contributed by atoms with Gasteiger partial charge in [0.2, 0.25) is 5.91 Å². The Hall–Kier alpha value is -3.81. The van der Waals surface area contributed by atoms with Crippen molar-refractivity contribution < 1.29 is 4.79 Å². The molecule has 0 aliphatic rings. The number of nitrogens with one attached hydrogen (secondary N) is 1. The van der Waals surface area contributed by atoms with Crippen LogP contribution in [0.3, 0.4) is 0 Å². The van der Waals surface area contributed by atoms with E-state index in [0.717, 1.165) is 24.1 Å². The molecule has 3 rings (SSSR count). The van der Waals surface area contributed by atoms with Crippen molar-refractivity contribution in [3.05, 3.63) is 87.1 Å². The lowest BCUT2D eigenvalue weighted by Gasteiger charge is -2.31. The van der Waals surface area contributed by atoms with Gasteiger partial charge in [-0.3, -0.25) is 19.1 Å². The van der Waals surface area contributed by atoms with Crippen LogP contribution in [-0.2, 0) is 17.9 Å². The summed E-state index contributed by atoms with van der Waals surface area (Å²) in [4.78, 5) is 44.7. The number of carbonyl (C=O) groups excluding carboxylic acids is 1. The number of rotatable bonds is 10. The third-order valence-corrected chi connectivity index (χ3v) is 5.63. The van der Waals surface area contributed by atoms with Gasteiger partial charge < -0.3 is 15.5 Å². The first kappa shape index (κ1) is 24.8. The lowest BCUT2D eigenvalue weighted by molar-refractivity contribution is -0.117. The maximum Gasteiger partial charge on any atom is 0.330 e. The standard InChI is InChI=1S/C26H33N5O3/c1-4-5-16-30-24(27)23(25(33)28-26(30)34)29(17-20-12-8-6-9-13-20)18-22(32)31(19(2)3)21-14-10-7-11-15-21/h6-15,19H,4-5,16-18,27H2,1-3H3,(H,28,33,34). The maximum atomic E-state index is 13.6. The number of hydrogen-bond donors (Lipinski definition) is 2. The number of H-pyrrole nitrogens is 1. The number of benzene rings is 2. The number of nitrogens with zero attached hydrogens (tertiary/aromatic N) is 3. The van der Waals surface area contributed by atoms with Crippen molar-refractivity contribution in [3.8, 4) is 0 Å². The molecule has 8 nitrogen and oxygen atoms in total. The van der Waals surface area contributed by atoms with Crippen molar-refractivity contribution in [1.82, 2.24) is 9.55 Å². The van der Waals surface area contributed by atoms with Crippen LogP contribution in [-0.4, -0.2) is 28.0 Å². The van der Waals surface area contributed by atoms with Crippen molar-refractivity contribution in [3.63, 3.8) is 0 Å². The van der Waals surface area contributed by atoms with Gasteiger partial charge in [0.1, 0.15) is 11.5 Å². The molecule has 0 atom stereocenters. The predicted octanol–water partition coefficient (Wildman–Crippen LogP) is 3.37. The van der Waals surface area contributed by atoms with Crippen LogP contribution in [0.5, 0.6) is 0 Å². The number of unbranched alkanes of at least 4 members (excludes halogenated alkanes) is 1. The van der Waals surface area contributed by atoms with Gasteiger partial charge in [0, 0.05) is 24.8 Å². The molecular formula is C26H33N5O3. The molecule has 0 aliphatic heterocycles. The largest absolute Gasteiger partial charge is 0.383 e. The second-order valence-electron chi connectivity index (χ2n) is 8.53. The fourth-order valence-electron chi connectivity index (χ4n) is 4.00. The number of carbonyl (C=O) groups is 1. The number of hydrogen-bond acceptors (Lipinski definition) is 5. The van der Waals surface area contributed by atoms with Crippen LogP contribution in [0.4, 0.5) is 17.2 Å². The smallest absolute Gasteiger partial charge is 0.330 e. The second kappa shape index (κ2) is 11.4. The van der Waals surface area contributed by atoms with Crippen LogP contribution in [0.2, 0.25) is 0 Å². The summed E-state index contributed by atoms with van der Waals surface area (Å²) in [5.41, 5.74) is 7.05. The highest BCUT2D eigenvalue weighted by molar-refractivity contribution is 5.97. The van der Waals surface area contributed by atoms with E-state index in [-0.39, 0.29) is 36.5 Å². The lowest BCUT2D eigenvalue weighted by Crippen LogP contribution is -2.46. The molecule has 0 unspecified atom stereocenters. The fraction of sp³-hybridized carbons (Fsp3) is 0.346. The topological polar surface area (TPSA) is 104 Å². The first-order valence-electron chi connectivity index (χ1n) is 11.6. The second-order valence-corrected chi connectivity index (χ2v) is 8.53. The Morgan fingerprint density at radius 2 is 1.65 bits per heavy atom. The molecule has 0 fully saturated rings. The molecule has 8 heteroatoms. The number of nitrogens with two attached hydrogens (primary N) is 1. The van der Waals surface area contributed by atoms with Gasteiger partial charge in [-0.15, -0.1) is 0 Å². The normalized spacial score (nSPS) is 10.9. The molecule has 0 radical (unpaired) electrons. The Morgan fingerprint density at radius 3 is 2.24 bits per heavy atom. The van der Waals surface area contributed by atoms with E-state index in [2.05, 4.69) is 4.98 Å². The number of amides is 1. The highest BCUT2D eigenvalue weighted by Crippen LogP contribution is 2.22. The molecule has 1 amide bonds. The molecular weight excluding hydrogens is 430 g/mol. The van der Waals surface area contributed by atoms with Crippen molar-refractivity contribution >= 4 is 23.1 Å². The average Bonchev–Trinajstić information content (AvgIpc) is 2.80. The Balaban J connectivity index is 2.05. The number of nitrogen functional groups attached to an aromatic ring is 1. The summed E-state index contributed by atoms with van der Waals surface area (Å²) in [5, 5.41) is 0. The Bertz CT molecular complexity index is 1200. The monoisotopic (exact) mass is 463 g/mol. The van der Waals surface area contributed by atoms with Gasteiger partial charge in [-0.25, -0.2) is 4.79 Å². The van der Waals surface area contributed by atoms with Crippen LogP contribution in [0.1, 0.15) is 39.2 Å². The van der Waals surface area contributed by atoms with E-state index in [1.807, 2.05) is 81.4 Å². The molecule has 3 N–H and O–H groups in total. The van der Waals surface area contributed by atoms with Crippen LogP contribution in [0, 0.1) is 0 Å². The molecule has 0 saturated heterocycles. The molecule has 1 aromatic heterocycles. The highest BCUT2D eigenvalue weighted by atomic mass is 16.2. The van der Waals surface area contributed by atoms with Gasteiger partial charge in [-0.05, 0) is 38.0 Å². The third kappa shape index (κ3) is 5.75. The zero-order valence-corrected chi connectivity index (χ0v) is 20.0. The third-order valence-electron chi connectivity index (χ3n) is 5.63. The molecule has 180 valence electrons. The maximum absolute atomic E-state index is 13.6. The van der Waals surface area contributed by atoms with Crippen molar-refractivity contribution in [2.45, 2.75) is 52.7 Å². The fourth-order valence-corrected chi connectivity index (χ4v) is 4.00. The lowest BCUT2D eigenvalue weighted by atomic mass is 10.2. The van der Waals surface area contributed by atoms with Crippen molar-refractivity contribution in [1.29, 1.82) is 0 Å². The molecule has 34 heavy (non-hydrogen) atoms. The molecule has 0 bridgehead atoms. The minimum absolute atomic E-state index is 0.0711. The summed E-state index contributed by atoms with van der Waals surface area (Å²) in [7, 11) is 0. The number of aromatic nitrogens is 2. The molecule has 0 spiro atoms. The number of para-hydroxylation sites is 1. The van der Waals surface area contributed by atoms with E-state index in [1.54, 1.807) is 9.80 Å². The Kier molecular flexibility index (Phi) is 8.29. The van der Waals surface area contributed by atoms with Gasteiger partial charge in [0.05, 0.1) is 6.54 Å².